The molecule has 9 heteroatoms. The Balaban J connectivity index is 1.43. The van der Waals surface area contributed by atoms with Gasteiger partial charge >= 0.3 is 4.87 Å². The van der Waals surface area contributed by atoms with Gasteiger partial charge in [-0.3, -0.25) is 9.36 Å². The number of likely N-dealkylation sites (tertiary alicyclic amines) is 1. The summed E-state index contributed by atoms with van der Waals surface area (Å²) in [4.78, 5) is 15.0. The predicted octanol–water partition coefficient (Wildman–Crippen LogP) is 4.17. The van der Waals surface area contributed by atoms with Crippen LogP contribution in [0, 0.1) is 5.92 Å². The van der Waals surface area contributed by atoms with E-state index in [1.54, 1.807) is 28.8 Å². The molecule has 1 saturated heterocycles. The lowest BCUT2D eigenvalue weighted by Crippen LogP contribution is -2.36. The molecule has 1 fully saturated rings. The van der Waals surface area contributed by atoms with Crippen molar-refractivity contribution in [1.29, 1.82) is 0 Å². The zero-order chi connectivity index (χ0) is 22.7. The molecule has 0 aliphatic carbocycles. The van der Waals surface area contributed by atoms with Crippen LogP contribution in [0.3, 0.4) is 0 Å². The first-order valence-electron chi connectivity index (χ1n) is 10.9. The number of rotatable bonds is 8. The van der Waals surface area contributed by atoms with E-state index in [9.17, 15) is 13.2 Å². The molecule has 0 bridgehead atoms. The summed E-state index contributed by atoms with van der Waals surface area (Å²) in [5.41, 5.74) is 1.55. The lowest BCUT2D eigenvalue weighted by Gasteiger charge is -2.30. The van der Waals surface area contributed by atoms with E-state index in [-0.39, 0.29) is 9.77 Å². The fourth-order valence-electron chi connectivity index (χ4n) is 4.24. The normalized spacial score (nSPS) is 17.8. The number of sulfonamides is 1. The van der Waals surface area contributed by atoms with Crippen molar-refractivity contribution in [1.82, 2.24) is 14.2 Å². The average Bonchev–Trinajstić information content (AvgIpc) is 3.07. The summed E-state index contributed by atoms with van der Waals surface area (Å²) in [6.07, 6.45) is 3.26. The van der Waals surface area contributed by atoms with Crippen molar-refractivity contribution in [2.75, 3.05) is 26.2 Å². The summed E-state index contributed by atoms with van der Waals surface area (Å²) in [5.74, 6) is 0.713. The molecule has 1 atom stereocenters. The van der Waals surface area contributed by atoms with E-state index >= 15 is 0 Å². The summed E-state index contributed by atoms with van der Waals surface area (Å²) in [7, 11) is -3.63. The lowest BCUT2D eigenvalue weighted by atomic mass is 10.0. The largest absolute Gasteiger partial charge is 0.308 e. The summed E-state index contributed by atoms with van der Waals surface area (Å²) in [6, 6.07) is 12.2. The average molecular weight is 494 g/mol. The van der Waals surface area contributed by atoms with Crippen LogP contribution in [0.5, 0.6) is 0 Å². The zero-order valence-corrected chi connectivity index (χ0v) is 20.5. The number of nitrogens with zero attached hydrogens (tertiary/aromatic N) is 2. The van der Waals surface area contributed by atoms with Crippen LogP contribution in [-0.4, -0.2) is 44.1 Å². The Morgan fingerprint density at radius 2 is 2.03 bits per heavy atom. The molecule has 2 heterocycles. The van der Waals surface area contributed by atoms with E-state index in [4.69, 9.17) is 11.6 Å². The second-order valence-corrected chi connectivity index (χ2v) is 11.6. The molecule has 0 radical (unpaired) electrons. The molecule has 0 unspecified atom stereocenters. The van der Waals surface area contributed by atoms with Crippen LogP contribution in [0.25, 0.3) is 10.2 Å². The van der Waals surface area contributed by atoms with Gasteiger partial charge in [0.1, 0.15) is 0 Å². The highest BCUT2D eigenvalue weighted by atomic mass is 35.5. The third-order valence-electron chi connectivity index (χ3n) is 5.92. The van der Waals surface area contributed by atoms with Gasteiger partial charge in [-0.25, -0.2) is 13.1 Å². The van der Waals surface area contributed by atoms with Crippen LogP contribution in [0.2, 0.25) is 5.02 Å². The van der Waals surface area contributed by atoms with Crippen molar-refractivity contribution in [2.24, 2.45) is 5.92 Å². The van der Waals surface area contributed by atoms with Gasteiger partial charge in [-0.05, 0) is 68.1 Å². The zero-order valence-electron chi connectivity index (χ0n) is 18.1. The van der Waals surface area contributed by atoms with Crippen molar-refractivity contribution in [3.8, 4) is 0 Å². The highest BCUT2D eigenvalue weighted by Crippen LogP contribution is 2.24. The molecule has 6 nitrogen and oxygen atoms in total. The number of fused-ring (bicyclic) bond motifs is 1. The molecule has 1 N–H and O–H groups in total. The first kappa shape index (κ1) is 23.4. The molecule has 1 aromatic heterocycles. The third kappa shape index (κ3) is 5.43. The molecule has 172 valence electrons. The lowest BCUT2D eigenvalue weighted by molar-refractivity contribution is 0.182. The van der Waals surface area contributed by atoms with Crippen LogP contribution in [0.15, 0.2) is 52.2 Å². The van der Waals surface area contributed by atoms with Crippen LogP contribution < -0.4 is 9.60 Å². The number of aromatic nitrogens is 1. The smallest absolute Gasteiger partial charge is 0.303 e. The number of halogens is 1. The fraction of sp³-hybridized carbons (Fsp3) is 0.435. The monoisotopic (exact) mass is 493 g/mol. The van der Waals surface area contributed by atoms with Gasteiger partial charge < -0.3 is 4.90 Å². The summed E-state index contributed by atoms with van der Waals surface area (Å²) < 4.78 is 30.6. The van der Waals surface area contributed by atoms with Crippen LogP contribution in [0.1, 0.15) is 31.7 Å². The quantitative estimate of drug-likeness (QED) is 0.478. The predicted molar refractivity (Wildman–Crippen MR) is 131 cm³/mol. The van der Waals surface area contributed by atoms with Gasteiger partial charge in [0.05, 0.1) is 21.7 Å². The Labute approximate surface area is 197 Å². The Morgan fingerprint density at radius 3 is 2.81 bits per heavy atom. The number of hydrogen-bond acceptors (Lipinski definition) is 5. The number of thiazole rings is 1. The van der Waals surface area contributed by atoms with Crippen molar-refractivity contribution in [2.45, 2.75) is 37.6 Å². The van der Waals surface area contributed by atoms with E-state index < -0.39 is 10.0 Å². The van der Waals surface area contributed by atoms with Gasteiger partial charge in [-0.1, -0.05) is 48.1 Å². The second-order valence-electron chi connectivity index (χ2n) is 8.47. The third-order valence-corrected chi connectivity index (χ3v) is 8.69. The maximum Gasteiger partial charge on any atom is 0.308 e. The number of nitrogens with one attached hydrogen (secondary N) is 1. The molecule has 0 amide bonds. The summed E-state index contributed by atoms with van der Waals surface area (Å²) >= 11 is 7.29. The van der Waals surface area contributed by atoms with Crippen LogP contribution in [-0.2, 0) is 16.6 Å². The van der Waals surface area contributed by atoms with Crippen LogP contribution in [0.4, 0.5) is 0 Å². The van der Waals surface area contributed by atoms with Gasteiger partial charge in [0.2, 0.25) is 10.0 Å². The van der Waals surface area contributed by atoms with Gasteiger partial charge in [-0.15, -0.1) is 0 Å². The first-order valence-corrected chi connectivity index (χ1v) is 13.6. The summed E-state index contributed by atoms with van der Waals surface area (Å²) in [6.45, 7) is 6.10. The van der Waals surface area contributed by atoms with Crippen molar-refractivity contribution >= 4 is 43.2 Å². The van der Waals surface area contributed by atoms with E-state index in [2.05, 4.69) is 16.5 Å². The second kappa shape index (κ2) is 10.1. The van der Waals surface area contributed by atoms with Gasteiger partial charge in [0.15, 0.2) is 0 Å². The minimum atomic E-state index is -3.63. The maximum atomic E-state index is 12.8. The SMILES string of the molecule is C[C@H]1CCCN(CCCNS(=O)(=O)c2ccc3c(c2)sc(=O)n3Cc2ccccc2Cl)C1. The van der Waals surface area contributed by atoms with Crippen LogP contribution >= 0.6 is 22.9 Å². The minimum Gasteiger partial charge on any atom is -0.303 e. The van der Waals surface area contributed by atoms with Crippen molar-refractivity contribution in [3.63, 3.8) is 0 Å². The van der Waals surface area contributed by atoms with E-state index in [0.29, 0.717) is 34.2 Å². The first-order chi connectivity index (χ1) is 15.3. The number of benzene rings is 2. The van der Waals surface area contributed by atoms with Gasteiger partial charge in [0.25, 0.3) is 0 Å². The van der Waals surface area contributed by atoms with Gasteiger partial charge in [-0.2, -0.15) is 0 Å². The number of hydrogen-bond donors (Lipinski definition) is 1. The molecule has 32 heavy (non-hydrogen) atoms. The molecule has 4 rings (SSSR count). The minimum absolute atomic E-state index is 0.141. The number of piperidine rings is 1. The molecule has 2 aromatic carbocycles. The molecule has 1 aliphatic rings. The molecular formula is C23H28ClN3O3S2. The molecule has 0 saturated carbocycles. The Kier molecular flexibility index (Phi) is 7.37. The molecule has 3 aromatic rings. The fourth-order valence-corrected chi connectivity index (χ4v) is 6.54. The van der Waals surface area contributed by atoms with Crippen molar-refractivity contribution < 1.29 is 8.42 Å². The summed E-state index contributed by atoms with van der Waals surface area (Å²) in [5, 5.41) is 0.598. The van der Waals surface area contributed by atoms with Crippen molar-refractivity contribution in [3.05, 3.63) is 62.7 Å². The van der Waals surface area contributed by atoms with E-state index in [0.717, 1.165) is 43.0 Å². The van der Waals surface area contributed by atoms with E-state index in [1.807, 2.05) is 18.2 Å². The Hall–Kier alpha value is -1.71. The Morgan fingerprint density at radius 1 is 1.22 bits per heavy atom. The highest BCUT2D eigenvalue weighted by molar-refractivity contribution is 7.89. The standard InChI is InChI=1S/C23H28ClN3O3S2/c1-17-6-4-12-26(15-17)13-5-11-25-32(29,30)19-9-10-21-22(14-19)31-23(28)27(21)16-18-7-2-3-8-20(18)24/h2-3,7-10,14,17,25H,4-6,11-13,15-16H2,1H3/t17-/m0/s1. The highest BCUT2D eigenvalue weighted by Gasteiger charge is 2.18. The molecule has 0 spiro atoms. The Bertz CT molecular complexity index is 1250. The maximum absolute atomic E-state index is 12.8. The topological polar surface area (TPSA) is 71.4 Å². The van der Waals surface area contributed by atoms with E-state index in [1.165, 1.54) is 12.8 Å². The van der Waals surface area contributed by atoms with Gasteiger partial charge in [0, 0.05) is 18.1 Å². The molecule has 1 aliphatic heterocycles. The molecular weight excluding hydrogens is 466 g/mol.